The smallest absolute Gasteiger partial charge is 0.170 e. The summed E-state index contributed by atoms with van der Waals surface area (Å²) in [5.74, 6) is 0.597. The summed E-state index contributed by atoms with van der Waals surface area (Å²) in [6.07, 6.45) is 1.82. The Bertz CT molecular complexity index is 219. The molecule has 17 heavy (non-hydrogen) atoms. The number of nitrogens with zero attached hydrogens (tertiary/aromatic N) is 1. The van der Waals surface area contributed by atoms with Crippen molar-refractivity contribution in [3.05, 3.63) is 0 Å². The maximum absolute atomic E-state index is 11.3. The number of likely N-dealkylation sites (tertiary alicyclic amines) is 1. The third-order valence-corrected chi connectivity index (χ3v) is 3.27. The van der Waals surface area contributed by atoms with Gasteiger partial charge in [-0.3, -0.25) is 9.69 Å². The second kappa shape index (κ2) is 7.80. The molecule has 1 saturated heterocycles. The second-order valence-corrected chi connectivity index (χ2v) is 4.53. The van der Waals surface area contributed by atoms with Crippen LogP contribution >= 0.6 is 0 Å². The predicted molar refractivity (Wildman–Crippen MR) is 66.9 cm³/mol. The van der Waals surface area contributed by atoms with Crippen molar-refractivity contribution in [1.82, 2.24) is 4.90 Å². The molecule has 0 N–H and O–H groups in total. The normalized spacial score (nSPS) is 18.8. The van der Waals surface area contributed by atoms with Crippen molar-refractivity contribution in [2.75, 3.05) is 32.8 Å². The number of hydrogen-bond donors (Lipinski definition) is 0. The highest BCUT2D eigenvalue weighted by Crippen LogP contribution is 2.18. The summed E-state index contributed by atoms with van der Waals surface area (Å²) in [4.78, 5) is 13.6. The van der Waals surface area contributed by atoms with Gasteiger partial charge in [0.05, 0.1) is 0 Å². The molecular formula is C13H25NO3. The Balaban J connectivity index is 2.30. The maximum atomic E-state index is 11.3. The van der Waals surface area contributed by atoms with Crippen molar-refractivity contribution in [1.29, 1.82) is 0 Å². The molecule has 1 fully saturated rings. The van der Waals surface area contributed by atoms with Gasteiger partial charge < -0.3 is 9.47 Å². The van der Waals surface area contributed by atoms with Gasteiger partial charge >= 0.3 is 0 Å². The van der Waals surface area contributed by atoms with Crippen LogP contribution in [0.4, 0.5) is 0 Å². The van der Waals surface area contributed by atoms with Crippen molar-refractivity contribution in [3.8, 4) is 0 Å². The molecular weight excluding hydrogens is 218 g/mol. The van der Waals surface area contributed by atoms with Crippen LogP contribution in [0.1, 0.15) is 33.6 Å². The van der Waals surface area contributed by atoms with Gasteiger partial charge in [0.15, 0.2) is 6.29 Å². The van der Waals surface area contributed by atoms with Crippen molar-refractivity contribution in [2.24, 2.45) is 5.92 Å². The Morgan fingerprint density at radius 1 is 1.24 bits per heavy atom. The monoisotopic (exact) mass is 243 g/mol. The molecule has 1 rings (SSSR count). The van der Waals surface area contributed by atoms with E-state index in [4.69, 9.17) is 9.47 Å². The van der Waals surface area contributed by atoms with Gasteiger partial charge in [-0.1, -0.05) is 0 Å². The van der Waals surface area contributed by atoms with Crippen LogP contribution in [-0.4, -0.2) is 49.8 Å². The van der Waals surface area contributed by atoms with E-state index < -0.39 is 0 Å². The zero-order chi connectivity index (χ0) is 12.7. The summed E-state index contributed by atoms with van der Waals surface area (Å²) < 4.78 is 11.1. The molecule has 0 saturated carbocycles. The first-order chi connectivity index (χ1) is 8.17. The fraction of sp³-hybridized carbons (Fsp3) is 0.923. The largest absolute Gasteiger partial charge is 0.352 e. The van der Waals surface area contributed by atoms with Crippen LogP contribution in [0, 0.1) is 5.92 Å². The number of carbonyl (C=O) groups excluding carboxylic acids is 1. The van der Waals surface area contributed by atoms with E-state index in [1.807, 2.05) is 13.8 Å². The second-order valence-electron chi connectivity index (χ2n) is 4.53. The lowest BCUT2D eigenvalue weighted by Crippen LogP contribution is -2.41. The molecule has 0 unspecified atom stereocenters. The first kappa shape index (κ1) is 14.6. The Morgan fingerprint density at radius 2 is 1.76 bits per heavy atom. The van der Waals surface area contributed by atoms with Crippen LogP contribution in [0.3, 0.4) is 0 Å². The van der Waals surface area contributed by atoms with E-state index in [2.05, 4.69) is 4.90 Å². The minimum atomic E-state index is -0.126. The summed E-state index contributed by atoms with van der Waals surface area (Å²) in [6, 6.07) is 0. The molecule has 0 aromatic rings. The van der Waals surface area contributed by atoms with Gasteiger partial charge in [-0.2, -0.15) is 0 Å². The highest BCUT2D eigenvalue weighted by Gasteiger charge is 2.24. The molecule has 0 aromatic heterocycles. The molecule has 1 heterocycles. The van der Waals surface area contributed by atoms with E-state index in [1.165, 1.54) is 0 Å². The average Bonchev–Trinajstić information content (AvgIpc) is 2.30. The quantitative estimate of drug-likeness (QED) is 0.638. The number of piperidine rings is 1. The van der Waals surface area contributed by atoms with Gasteiger partial charge in [-0.25, -0.2) is 0 Å². The van der Waals surface area contributed by atoms with Gasteiger partial charge in [0.2, 0.25) is 0 Å². The number of rotatable bonds is 7. The van der Waals surface area contributed by atoms with E-state index in [0.29, 0.717) is 19.0 Å². The minimum absolute atomic E-state index is 0.126. The van der Waals surface area contributed by atoms with Crippen LogP contribution in [0.25, 0.3) is 0 Å². The first-order valence-corrected chi connectivity index (χ1v) is 6.63. The fourth-order valence-corrected chi connectivity index (χ4v) is 2.26. The van der Waals surface area contributed by atoms with Crippen molar-refractivity contribution < 1.29 is 14.3 Å². The lowest BCUT2D eigenvalue weighted by molar-refractivity contribution is -0.149. The van der Waals surface area contributed by atoms with E-state index in [0.717, 1.165) is 32.5 Å². The Morgan fingerprint density at radius 3 is 2.18 bits per heavy atom. The summed E-state index contributed by atoms with van der Waals surface area (Å²) in [7, 11) is 0. The third kappa shape index (κ3) is 5.15. The number of carbonyl (C=O) groups is 1. The summed E-state index contributed by atoms with van der Waals surface area (Å²) in [5, 5.41) is 0. The van der Waals surface area contributed by atoms with Crippen LogP contribution in [0.15, 0.2) is 0 Å². The molecule has 0 atom stereocenters. The molecule has 0 amide bonds. The lowest BCUT2D eigenvalue weighted by atomic mass is 9.93. The Labute approximate surface area is 104 Å². The Kier molecular flexibility index (Phi) is 6.70. The van der Waals surface area contributed by atoms with Gasteiger partial charge in [0.1, 0.15) is 5.78 Å². The van der Waals surface area contributed by atoms with Gasteiger partial charge in [-0.15, -0.1) is 0 Å². The number of ether oxygens (including phenoxy) is 2. The lowest BCUT2D eigenvalue weighted by Gasteiger charge is -2.33. The molecule has 0 aromatic carbocycles. The maximum Gasteiger partial charge on any atom is 0.170 e. The number of Topliss-reactive ketones (excluding diaryl/α,β-unsaturated/α-hetero) is 1. The summed E-state index contributed by atoms with van der Waals surface area (Å²) in [5.41, 5.74) is 0. The average molecular weight is 243 g/mol. The van der Waals surface area contributed by atoms with Gasteiger partial charge in [0.25, 0.3) is 0 Å². The standard InChI is InChI=1S/C13H25NO3/c1-4-16-13(17-5-2)10-14-8-6-12(7-9-14)11(3)15/h12-13H,4-10H2,1-3H3. The fourth-order valence-electron chi connectivity index (χ4n) is 2.26. The van der Waals surface area contributed by atoms with Crippen LogP contribution in [0.5, 0.6) is 0 Å². The zero-order valence-corrected chi connectivity index (χ0v) is 11.3. The molecule has 0 aliphatic carbocycles. The summed E-state index contributed by atoms with van der Waals surface area (Å²) in [6.45, 7) is 9.77. The number of hydrogen-bond acceptors (Lipinski definition) is 4. The van der Waals surface area contributed by atoms with Crippen LogP contribution in [0.2, 0.25) is 0 Å². The molecule has 0 bridgehead atoms. The van der Waals surface area contributed by atoms with Crippen molar-refractivity contribution in [2.45, 2.75) is 39.9 Å². The van der Waals surface area contributed by atoms with Crippen LogP contribution in [-0.2, 0) is 14.3 Å². The highest BCUT2D eigenvalue weighted by molar-refractivity contribution is 5.78. The van der Waals surface area contributed by atoms with Crippen molar-refractivity contribution in [3.63, 3.8) is 0 Å². The molecule has 4 nitrogen and oxygen atoms in total. The molecule has 0 radical (unpaired) electrons. The SMILES string of the molecule is CCOC(CN1CCC(C(C)=O)CC1)OCC. The van der Waals surface area contributed by atoms with Crippen LogP contribution < -0.4 is 0 Å². The summed E-state index contributed by atoms with van der Waals surface area (Å²) >= 11 is 0. The van der Waals surface area contributed by atoms with E-state index in [-0.39, 0.29) is 12.2 Å². The van der Waals surface area contributed by atoms with E-state index in [1.54, 1.807) is 6.92 Å². The van der Waals surface area contributed by atoms with E-state index in [9.17, 15) is 4.79 Å². The van der Waals surface area contributed by atoms with Gasteiger partial charge in [-0.05, 0) is 46.7 Å². The first-order valence-electron chi connectivity index (χ1n) is 6.63. The molecule has 1 aliphatic heterocycles. The van der Waals surface area contributed by atoms with E-state index >= 15 is 0 Å². The topological polar surface area (TPSA) is 38.8 Å². The number of ketones is 1. The zero-order valence-electron chi connectivity index (χ0n) is 11.3. The molecule has 100 valence electrons. The minimum Gasteiger partial charge on any atom is -0.352 e. The third-order valence-electron chi connectivity index (χ3n) is 3.27. The molecule has 4 heteroatoms. The Hall–Kier alpha value is -0.450. The highest BCUT2D eigenvalue weighted by atomic mass is 16.7. The molecule has 1 aliphatic rings. The predicted octanol–water partition coefficient (Wildman–Crippen LogP) is 1.69. The molecule has 0 spiro atoms. The van der Waals surface area contributed by atoms with Crippen molar-refractivity contribution >= 4 is 5.78 Å². The van der Waals surface area contributed by atoms with Gasteiger partial charge in [0, 0.05) is 25.7 Å².